The fraction of sp³-hybridized carbons (Fsp3) is 0.500. The van der Waals surface area contributed by atoms with E-state index in [1.54, 1.807) is 0 Å². The monoisotopic (exact) mass is 276 g/mol. The summed E-state index contributed by atoms with van der Waals surface area (Å²) in [6.07, 6.45) is 0. The first-order valence-electron chi connectivity index (χ1n) is 4.94. The maximum atomic E-state index is 11.5. The van der Waals surface area contributed by atoms with Crippen molar-refractivity contribution in [3.8, 4) is 0 Å². The number of halogens is 1. The van der Waals surface area contributed by atoms with Gasteiger partial charge in [-0.3, -0.25) is 4.79 Å². The van der Waals surface area contributed by atoms with Gasteiger partial charge in [-0.1, -0.05) is 25.2 Å². The summed E-state index contributed by atoms with van der Waals surface area (Å²) in [6, 6.07) is 0. The zero-order valence-electron chi connectivity index (χ0n) is 9.74. The van der Waals surface area contributed by atoms with E-state index >= 15 is 0 Å². The molecule has 1 heterocycles. The maximum Gasteiger partial charge on any atom is 0.350 e. The number of alkyl halides is 1. The van der Waals surface area contributed by atoms with Crippen LogP contribution in [0.4, 0.5) is 5.13 Å². The van der Waals surface area contributed by atoms with Crippen LogP contribution < -0.4 is 5.32 Å². The molecule has 0 atom stereocenters. The van der Waals surface area contributed by atoms with Crippen molar-refractivity contribution in [2.24, 2.45) is 0 Å². The number of anilines is 1. The van der Waals surface area contributed by atoms with Gasteiger partial charge >= 0.3 is 5.97 Å². The Morgan fingerprint density at radius 1 is 1.53 bits per heavy atom. The van der Waals surface area contributed by atoms with Crippen LogP contribution in [0.1, 0.15) is 35.1 Å². The lowest BCUT2D eigenvalue weighted by atomic mass is 10.1. The van der Waals surface area contributed by atoms with Crippen LogP contribution in [0.5, 0.6) is 0 Å². The molecule has 0 aromatic carbocycles. The van der Waals surface area contributed by atoms with Gasteiger partial charge in [0.1, 0.15) is 10.8 Å². The fourth-order valence-corrected chi connectivity index (χ4v) is 2.29. The Bertz CT molecular complexity index is 431. The first kappa shape index (κ1) is 13.9. The number of esters is 1. The summed E-state index contributed by atoms with van der Waals surface area (Å²) in [6.45, 7) is 3.82. The molecule has 0 aliphatic heterocycles. The minimum Gasteiger partial charge on any atom is -0.465 e. The normalized spacial score (nSPS) is 10.4. The molecule has 0 spiro atoms. The van der Waals surface area contributed by atoms with Crippen LogP contribution in [0.15, 0.2) is 0 Å². The summed E-state index contributed by atoms with van der Waals surface area (Å²) >= 11 is 6.46. The van der Waals surface area contributed by atoms with Gasteiger partial charge in [0, 0.05) is 0 Å². The average Bonchev–Trinajstić information content (AvgIpc) is 2.71. The average molecular weight is 277 g/mol. The Labute approximate surface area is 108 Å². The number of carbonyl (C=O) groups is 2. The molecule has 0 radical (unpaired) electrons. The van der Waals surface area contributed by atoms with Crippen molar-refractivity contribution in [3.63, 3.8) is 0 Å². The van der Waals surface area contributed by atoms with Crippen molar-refractivity contribution in [1.29, 1.82) is 0 Å². The van der Waals surface area contributed by atoms with E-state index in [2.05, 4.69) is 15.0 Å². The molecule has 1 aromatic heterocycles. The van der Waals surface area contributed by atoms with Gasteiger partial charge in [0.25, 0.3) is 0 Å². The molecule has 94 valence electrons. The predicted octanol–water partition coefficient (Wildman–Crippen LogP) is 2.23. The summed E-state index contributed by atoms with van der Waals surface area (Å²) in [5.41, 5.74) is 0.617. The van der Waals surface area contributed by atoms with E-state index in [0.717, 1.165) is 11.3 Å². The molecule has 1 rings (SSSR count). The number of aromatic nitrogens is 1. The van der Waals surface area contributed by atoms with Crippen molar-refractivity contribution in [1.82, 2.24) is 4.98 Å². The lowest BCUT2D eigenvalue weighted by Crippen LogP contribution is -2.12. The summed E-state index contributed by atoms with van der Waals surface area (Å²) in [5, 5.41) is 2.88. The largest absolute Gasteiger partial charge is 0.465 e. The lowest BCUT2D eigenvalue weighted by Gasteiger charge is -2.02. The Kier molecular flexibility index (Phi) is 4.89. The molecule has 0 aliphatic rings. The van der Waals surface area contributed by atoms with Gasteiger partial charge in [-0.15, -0.1) is 11.6 Å². The van der Waals surface area contributed by atoms with Gasteiger partial charge in [0.15, 0.2) is 5.13 Å². The highest BCUT2D eigenvalue weighted by atomic mass is 35.5. The van der Waals surface area contributed by atoms with E-state index in [0.29, 0.717) is 15.7 Å². The van der Waals surface area contributed by atoms with Crippen molar-refractivity contribution >= 4 is 39.9 Å². The zero-order chi connectivity index (χ0) is 13.0. The molecule has 0 fully saturated rings. The first-order chi connectivity index (χ1) is 7.99. The Morgan fingerprint density at radius 2 is 2.18 bits per heavy atom. The summed E-state index contributed by atoms with van der Waals surface area (Å²) in [7, 11) is 1.31. The zero-order valence-corrected chi connectivity index (χ0v) is 11.3. The second-order valence-corrected chi connectivity index (χ2v) is 4.83. The highest BCUT2D eigenvalue weighted by Gasteiger charge is 2.21. The number of hydrogen-bond acceptors (Lipinski definition) is 5. The quantitative estimate of drug-likeness (QED) is 0.676. The third-order valence-corrected chi connectivity index (χ3v) is 3.15. The number of hydrogen-bond donors (Lipinski definition) is 1. The number of ether oxygens (including phenoxy) is 1. The number of carbonyl (C=O) groups excluding carboxylic acids is 2. The number of rotatable bonds is 4. The third kappa shape index (κ3) is 3.41. The van der Waals surface area contributed by atoms with E-state index in [4.69, 9.17) is 11.6 Å². The van der Waals surface area contributed by atoms with Gasteiger partial charge < -0.3 is 10.1 Å². The highest BCUT2D eigenvalue weighted by molar-refractivity contribution is 7.17. The Balaban J connectivity index is 3.04. The van der Waals surface area contributed by atoms with Gasteiger partial charge in [0.2, 0.25) is 5.91 Å². The molecule has 1 aromatic rings. The highest BCUT2D eigenvalue weighted by Crippen LogP contribution is 2.28. The van der Waals surface area contributed by atoms with E-state index in [1.165, 1.54) is 7.11 Å². The standard InChI is InChI=1S/C10H13ClN2O3S/c1-5(2)7-8(9(15)16-3)17-10(13-7)12-6(14)4-11/h5H,4H2,1-3H3,(H,12,13,14). The van der Waals surface area contributed by atoms with Gasteiger partial charge in [-0.25, -0.2) is 9.78 Å². The number of amides is 1. The molecular weight excluding hydrogens is 264 g/mol. The lowest BCUT2D eigenvalue weighted by molar-refractivity contribution is -0.113. The number of thiazole rings is 1. The second kappa shape index (κ2) is 5.97. The molecule has 1 amide bonds. The smallest absolute Gasteiger partial charge is 0.350 e. The molecule has 1 N–H and O–H groups in total. The van der Waals surface area contributed by atoms with E-state index in [-0.39, 0.29) is 17.7 Å². The molecule has 0 saturated carbocycles. The molecule has 0 unspecified atom stereocenters. The number of methoxy groups -OCH3 is 1. The molecule has 17 heavy (non-hydrogen) atoms. The predicted molar refractivity (Wildman–Crippen MR) is 66.9 cm³/mol. The van der Waals surface area contributed by atoms with Crippen LogP contribution in [0.25, 0.3) is 0 Å². The van der Waals surface area contributed by atoms with Crippen molar-refractivity contribution in [3.05, 3.63) is 10.6 Å². The molecule has 0 aliphatic carbocycles. The van der Waals surface area contributed by atoms with Crippen LogP contribution in [0, 0.1) is 0 Å². The third-order valence-electron chi connectivity index (χ3n) is 1.94. The van der Waals surface area contributed by atoms with Gasteiger partial charge in [-0.05, 0) is 5.92 Å². The van der Waals surface area contributed by atoms with Crippen molar-refractivity contribution in [2.75, 3.05) is 18.3 Å². The number of nitrogens with zero attached hydrogens (tertiary/aromatic N) is 1. The van der Waals surface area contributed by atoms with Gasteiger partial charge in [-0.2, -0.15) is 0 Å². The molecule has 0 bridgehead atoms. The second-order valence-electron chi connectivity index (χ2n) is 3.56. The first-order valence-corrected chi connectivity index (χ1v) is 6.29. The van der Waals surface area contributed by atoms with Crippen LogP contribution in [-0.4, -0.2) is 29.9 Å². The summed E-state index contributed by atoms with van der Waals surface area (Å²) < 4.78 is 4.66. The summed E-state index contributed by atoms with van der Waals surface area (Å²) in [5.74, 6) is -0.879. The Hall–Kier alpha value is -1.14. The fourth-order valence-electron chi connectivity index (χ4n) is 1.17. The maximum absolute atomic E-state index is 11.5. The van der Waals surface area contributed by atoms with E-state index < -0.39 is 5.97 Å². The van der Waals surface area contributed by atoms with Crippen LogP contribution in [0.3, 0.4) is 0 Å². The van der Waals surface area contributed by atoms with E-state index in [9.17, 15) is 9.59 Å². The van der Waals surface area contributed by atoms with Crippen LogP contribution in [0.2, 0.25) is 0 Å². The Morgan fingerprint density at radius 3 is 2.65 bits per heavy atom. The van der Waals surface area contributed by atoms with Crippen molar-refractivity contribution in [2.45, 2.75) is 19.8 Å². The summed E-state index contributed by atoms with van der Waals surface area (Å²) in [4.78, 5) is 27.2. The minimum atomic E-state index is -0.447. The topological polar surface area (TPSA) is 68.3 Å². The molecule has 5 nitrogen and oxygen atoms in total. The molecular formula is C10H13ClN2O3S. The van der Waals surface area contributed by atoms with Gasteiger partial charge in [0.05, 0.1) is 12.8 Å². The molecule has 7 heteroatoms. The van der Waals surface area contributed by atoms with Crippen molar-refractivity contribution < 1.29 is 14.3 Å². The van der Waals surface area contributed by atoms with E-state index in [1.807, 2.05) is 13.8 Å². The minimum absolute atomic E-state index is 0.0713. The molecule has 0 saturated heterocycles. The SMILES string of the molecule is COC(=O)c1sc(NC(=O)CCl)nc1C(C)C. The van der Waals surface area contributed by atoms with Crippen LogP contribution in [-0.2, 0) is 9.53 Å². The number of nitrogens with one attached hydrogen (secondary N) is 1. The van der Waals surface area contributed by atoms with Crippen LogP contribution >= 0.6 is 22.9 Å².